The number of nitrogens with one attached hydrogen (secondary N) is 2. The molecule has 0 radical (unpaired) electrons. The summed E-state index contributed by atoms with van der Waals surface area (Å²) in [5.41, 5.74) is 0.401. The maximum Gasteiger partial charge on any atom is 0.274 e. The molecule has 0 spiro atoms. The minimum atomic E-state index is -0.760. The summed E-state index contributed by atoms with van der Waals surface area (Å²) in [6.45, 7) is 2.64. The van der Waals surface area contributed by atoms with Crippen LogP contribution in [0.1, 0.15) is 10.5 Å². The van der Waals surface area contributed by atoms with Crippen molar-refractivity contribution in [3.63, 3.8) is 0 Å². The summed E-state index contributed by atoms with van der Waals surface area (Å²) in [5.74, 6) is -0.926. The molecule has 1 saturated heterocycles. The Labute approximate surface area is 158 Å². The maximum atomic E-state index is 13.9. The maximum absolute atomic E-state index is 13.9. The van der Waals surface area contributed by atoms with Crippen LogP contribution < -0.4 is 10.2 Å². The highest BCUT2D eigenvalue weighted by atomic mass is 19.1. The highest BCUT2D eigenvalue weighted by molar-refractivity contribution is 6.03. The van der Waals surface area contributed by atoms with Crippen molar-refractivity contribution in [2.24, 2.45) is 0 Å². The number of anilines is 2. The number of hydrogen-bond donors (Lipinski definition) is 2. The van der Waals surface area contributed by atoms with E-state index in [1.54, 1.807) is 6.07 Å². The predicted molar refractivity (Wildman–Crippen MR) is 97.0 cm³/mol. The number of ether oxygens (including phenoxy) is 1. The van der Waals surface area contributed by atoms with Gasteiger partial charge in [0.2, 0.25) is 0 Å². The van der Waals surface area contributed by atoms with Crippen molar-refractivity contribution < 1.29 is 18.3 Å². The van der Waals surface area contributed by atoms with E-state index in [1.165, 1.54) is 18.5 Å². The van der Waals surface area contributed by atoms with E-state index in [2.05, 4.69) is 25.5 Å². The van der Waals surface area contributed by atoms with E-state index in [-0.39, 0.29) is 17.0 Å². The molecule has 0 aliphatic carbocycles. The normalized spacial score (nSPS) is 14.1. The lowest BCUT2D eigenvalue weighted by molar-refractivity contribution is 0.102. The number of carbonyl (C=O) groups is 1. The number of H-pyrrole nitrogens is 1. The van der Waals surface area contributed by atoms with Gasteiger partial charge in [-0.1, -0.05) is 0 Å². The fourth-order valence-electron chi connectivity index (χ4n) is 2.84. The minimum absolute atomic E-state index is 0.0911. The van der Waals surface area contributed by atoms with Gasteiger partial charge >= 0.3 is 0 Å². The van der Waals surface area contributed by atoms with Crippen LogP contribution in [0.2, 0.25) is 0 Å². The van der Waals surface area contributed by atoms with Crippen LogP contribution in [0.25, 0.3) is 11.3 Å². The van der Waals surface area contributed by atoms with Gasteiger partial charge in [0.25, 0.3) is 5.91 Å². The van der Waals surface area contributed by atoms with Crippen LogP contribution in [0.4, 0.5) is 20.4 Å². The number of rotatable bonds is 4. The quantitative estimate of drug-likeness (QED) is 0.714. The molecule has 3 aromatic rings. The van der Waals surface area contributed by atoms with Crippen molar-refractivity contribution >= 4 is 17.5 Å². The lowest BCUT2D eigenvalue weighted by Gasteiger charge is -2.27. The molecule has 0 unspecified atom stereocenters. The number of benzene rings is 1. The smallest absolute Gasteiger partial charge is 0.274 e. The van der Waals surface area contributed by atoms with Crippen molar-refractivity contribution in [2.75, 3.05) is 36.5 Å². The number of amides is 1. The van der Waals surface area contributed by atoms with E-state index in [1.807, 2.05) is 4.90 Å². The van der Waals surface area contributed by atoms with Gasteiger partial charge in [0.05, 0.1) is 18.9 Å². The number of halogens is 2. The molecule has 28 heavy (non-hydrogen) atoms. The fraction of sp³-hybridized carbons (Fsp3) is 0.222. The van der Waals surface area contributed by atoms with E-state index in [4.69, 9.17) is 4.74 Å². The summed E-state index contributed by atoms with van der Waals surface area (Å²) in [7, 11) is 0. The van der Waals surface area contributed by atoms with Crippen molar-refractivity contribution in [3.8, 4) is 11.3 Å². The molecular weight excluding hydrogens is 370 g/mol. The third-order valence-corrected chi connectivity index (χ3v) is 4.26. The second-order valence-corrected chi connectivity index (χ2v) is 6.11. The lowest BCUT2D eigenvalue weighted by Crippen LogP contribution is -2.36. The van der Waals surface area contributed by atoms with Gasteiger partial charge in [-0.2, -0.15) is 5.10 Å². The van der Waals surface area contributed by atoms with Crippen LogP contribution in [0.3, 0.4) is 0 Å². The van der Waals surface area contributed by atoms with Crippen molar-refractivity contribution in [3.05, 3.63) is 54.0 Å². The first-order valence-electron chi connectivity index (χ1n) is 8.57. The van der Waals surface area contributed by atoms with Crippen molar-refractivity contribution in [2.45, 2.75) is 0 Å². The average molecular weight is 386 g/mol. The van der Waals surface area contributed by atoms with Crippen LogP contribution >= 0.6 is 0 Å². The third-order valence-electron chi connectivity index (χ3n) is 4.26. The molecule has 10 heteroatoms. The summed E-state index contributed by atoms with van der Waals surface area (Å²) in [5, 5.41) is 9.13. The van der Waals surface area contributed by atoms with E-state index >= 15 is 0 Å². The summed E-state index contributed by atoms with van der Waals surface area (Å²) >= 11 is 0. The molecule has 1 aliphatic heterocycles. The Morgan fingerprint density at radius 1 is 1.14 bits per heavy atom. The molecule has 2 N–H and O–H groups in total. The second-order valence-electron chi connectivity index (χ2n) is 6.11. The van der Waals surface area contributed by atoms with Gasteiger partial charge in [0, 0.05) is 30.8 Å². The Hall–Kier alpha value is -3.40. The number of aromatic amines is 1. The molecule has 4 rings (SSSR count). The molecule has 1 aliphatic rings. The first-order valence-corrected chi connectivity index (χ1v) is 8.57. The van der Waals surface area contributed by atoms with E-state index in [0.29, 0.717) is 37.9 Å². The molecule has 3 heterocycles. The average Bonchev–Trinajstić information content (AvgIpc) is 3.19. The SMILES string of the molecule is O=C(Nc1cc(N2CCOCC2)ncn1)c1cc(-c2ccc(F)cc2F)n[nH]1. The van der Waals surface area contributed by atoms with Gasteiger partial charge in [-0.3, -0.25) is 9.89 Å². The molecular formula is C18H16F2N6O2. The first-order chi connectivity index (χ1) is 13.6. The van der Waals surface area contributed by atoms with Gasteiger partial charge in [-0.15, -0.1) is 0 Å². The van der Waals surface area contributed by atoms with Gasteiger partial charge in [-0.25, -0.2) is 18.7 Å². The highest BCUT2D eigenvalue weighted by Gasteiger charge is 2.17. The molecule has 1 fully saturated rings. The topological polar surface area (TPSA) is 96.0 Å². The Kier molecular flexibility index (Phi) is 4.94. The minimum Gasteiger partial charge on any atom is -0.378 e. The molecule has 8 nitrogen and oxygen atoms in total. The standard InChI is InChI=1S/C18H16F2N6O2/c19-11-1-2-12(13(20)7-11)14-8-15(25-24-14)18(27)23-16-9-17(22-10-21-16)26-3-5-28-6-4-26/h1-2,7-10H,3-6H2,(H,24,25)(H,21,22,23,27). The molecule has 1 aromatic carbocycles. The Morgan fingerprint density at radius 3 is 2.75 bits per heavy atom. The van der Waals surface area contributed by atoms with Crippen LogP contribution in [0, 0.1) is 11.6 Å². The Balaban J connectivity index is 1.49. The summed E-state index contributed by atoms with van der Waals surface area (Å²) < 4.78 is 32.3. The molecule has 1 amide bonds. The van der Waals surface area contributed by atoms with Crippen molar-refractivity contribution in [1.29, 1.82) is 0 Å². The van der Waals surface area contributed by atoms with Gasteiger partial charge in [-0.05, 0) is 18.2 Å². The van der Waals surface area contributed by atoms with Crippen molar-refractivity contribution in [1.82, 2.24) is 20.2 Å². The first kappa shape index (κ1) is 18.0. The molecule has 144 valence electrons. The van der Waals surface area contributed by atoms with Gasteiger partial charge < -0.3 is 15.0 Å². The number of aromatic nitrogens is 4. The summed E-state index contributed by atoms with van der Waals surface area (Å²) in [6.07, 6.45) is 1.37. The summed E-state index contributed by atoms with van der Waals surface area (Å²) in [6, 6.07) is 6.20. The molecule has 0 saturated carbocycles. The van der Waals surface area contributed by atoms with Crippen LogP contribution in [-0.2, 0) is 4.74 Å². The second kappa shape index (κ2) is 7.69. The number of hydrogen-bond acceptors (Lipinski definition) is 6. The molecule has 0 atom stereocenters. The summed E-state index contributed by atoms with van der Waals surface area (Å²) in [4.78, 5) is 22.8. The zero-order valence-corrected chi connectivity index (χ0v) is 14.7. The van der Waals surface area contributed by atoms with Gasteiger partial charge in [0.15, 0.2) is 0 Å². The number of morpholine rings is 1. The number of carbonyl (C=O) groups excluding carboxylic acids is 1. The van der Waals surface area contributed by atoms with E-state index in [9.17, 15) is 13.6 Å². The molecule has 2 aromatic heterocycles. The largest absolute Gasteiger partial charge is 0.378 e. The lowest BCUT2D eigenvalue weighted by atomic mass is 10.1. The zero-order valence-electron chi connectivity index (χ0n) is 14.7. The zero-order chi connectivity index (χ0) is 19.5. The van der Waals surface area contributed by atoms with Crippen LogP contribution in [-0.4, -0.2) is 52.4 Å². The monoisotopic (exact) mass is 386 g/mol. The molecule has 0 bridgehead atoms. The highest BCUT2D eigenvalue weighted by Crippen LogP contribution is 2.22. The number of nitrogens with zero attached hydrogens (tertiary/aromatic N) is 4. The Bertz CT molecular complexity index is 1000. The van der Waals surface area contributed by atoms with Gasteiger partial charge in [0.1, 0.15) is 35.3 Å². The van der Waals surface area contributed by atoms with Crippen LogP contribution in [0.15, 0.2) is 36.7 Å². The third kappa shape index (κ3) is 3.81. The fourth-order valence-corrected chi connectivity index (χ4v) is 2.84. The van der Waals surface area contributed by atoms with Crippen LogP contribution in [0.5, 0.6) is 0 Å². The Morgan fingerprint density at radius 2 is 1.96 bits per heavy atom. The van der Waals surface area contributed by atoms with E-state index in [0.717, 1.165) is 12.1 Å². The predicted octanol–water partition coefficient (Wildman–Crippen LogP) is 2.23. The van der Waals surface area contributed by atoms with E-state index < -0.39 is 17.5 Å².